The zero-order valence-electron chi connectivity index (χ0n) is 8.51. The fourth-order valence-corrected chi connectivity index (χ4v) is 1.14. The zero-order valence-corrected chi connectivity index (χ0v) is 8.51. The molecule has 2 N–H and O–H groups in total. The van der Waals surface area contributed by atoms with E-state index in [0.29, 0.717) is 17.4 Å². The highest BCUT2D eigenvalue weighted by atomic mass is 16.5. The summed E-state index contributed by atoms with van der Waals surface area (Å²) in [4.78, 5) is 0. The molecule has 6 heteroatoms. The van der Waals surface area contributed by atoms with E-state index in [-0.39, 0.29) is 0 Å². The van der Waals surface area contributed by atoms with Crippen molar-refractivity contribution in [1.29, 1.82) is 0 Å². The van der Waals surface area contributed by atoms with Crippen molar-refractivity contribution >= 4 is 5.69 Å². The summed E-state index contributed by atoms with van der Waals surface area (Å²) in [6, 6.07) is 5.85. The van der Waals surface area contributed by atoms with Gasteiger partial charge in [-0.1, -0.05) is 11.2 Å². The summed E-state index contributed by atoms with van der Waals surface area (Å²) in [6.07, 6.45) is 0. The second kappa shape index (κ2) is 3.56. The minimum atomic E-state index is 0.312. The molecule has 2 aromatic rings. The number of aromatic nitrogens is 4. The van der Waals surface area contributed by atoms with Crippen LogP contribution >= 0.6 is 0 Å². The molecule has 0 saturated heterocycles. The van der Waals surface area contributed by atoms with Gasteiger partial charge in [-0.2, -0.15) is 4.68 Å². The number of benzene rings is 1. The van der Waals surface area contributed by atoms with Gasteiger partial charge in [-0.05, 0) is 35.0 Å². The largest absolute Gasteiger partial charge is 0.421 e. The van der Waals surface area contributed by atoms with Gasteiger partial charge < -0.3 is 10.5 Å². The second-order valence-corrected chi connectivity index (χ2v) is 3.23. The van der Waals surface area contributed by atoms with Crippen LogP contribution < -0.4 is 10.5 Å². The Bertz CT molecular complexity index is 479. The van der Waals surface area contributed by atoms with Crippen LogP contribution in [0.2, 0.25) is 0 Å². The Kier molecular flexibility index (Phi) is 2.24. The number of ether oxygens (including phenoxy) is 1. The molecule has 0 unspecified atom stereocenters. The number of nitrogens with zero attached hydrogens (tertiary/aromatic N) is 4. The predicted molar refractivity (Wildman–Crippen MR) is 54.5 cm³/mol. The number of rotatable bonds is 2. The lowest BCUT2D eigenvalue weighted by Gasteiger charge is -2.06. The zero-order chi connectivity index (χ0) is 10.8. The number of tetrazole rings is 1. The van der Waals surface area contributed by atoms with E-state index in [4.69, 9.17) is 10.5 Å². The highest BCUT2D eigenvalue weighted by Crippen LogP contribution is 2.26. The van der Waals surface area contributed by atoms with Crippen molar-refractivity contribution in [3.63, 3.8) is 0 Å². The average Bonchev–Trinajstić information content (AvgIpc) is 2.58. The quantitative estimate of drug-likeness (QED) is 0.736. The molecule has 78 valence electrons. The van der Waals surface area contributed by atoms with Crippen LogP contribution in [0.1, 0.15) is 5.56 Å². The van der Waals surface area contributed by atoms with Crippen molar-refractivity contribution in [1.82, 2.24) is 20.2 Å². The van der Waals surface area contributed by atoms with E-state index in [2.05, 4.69) is 15.5 Å². The highest BCUT2D eigenvalue weighted by molar-refractivity contribution is 5.54. The molecular formula is C9H11N5O. The number of hydrogen-bond acceptors (Lipinski definition) is 5. The molecule has 0 saturated carbocycles. The molecule has 1 aromatic carbocycles. The molecule has 0 radical (unpaired) electrons. The molecular weight excluding hydrogens is 194 g/mol. The minimum Gasteiger partial charge on any atom is -0.421 e. The van der Waals surface area contributed by atoms with Gasteiger partial charge in [-0.25, -0.2) is 0 Å². The Morgan fingerprint density at radius 3 is 2.87 bits per heavy atom. The van der Waals surface area contributed by atoms with E-state index in [1.807, 2.05) is 19.1 Å². The molecule has 0 fully saturated rings. The van der Waals surface area contributed by atoms with Gasteiger partial charge in [-0.15, -0.1) is 0 Å². The molecule has 0 spiro atoms. The van der Waals surface area contributed by atoms with Crippen LogP contribution in [0.5, 0.6) is 11.8 Å². The lowest BCUT2D eigenvalue weighted by Crippen LogP contribution is -1.98. The first-order valence-electron chi connectivity index (χ1n) is 4.43. The number of anilines is 1. The topological polar surface area (TPSA) is 78.8 Å². The maximum atomic E-state index is 5.75. The summed E-state index contributed by atoms with van der Waals surface area (Å²) < 4.78 is 6.89. The van der Waals surface area contributed by atoms with Crippen molar-refractivity contribution < 1.29 is 4.74 Å². The molecule has 0 amide bonds. The SMILES string of the molecule is Cc1ccc(N)c(Oc2nnnn2C)c1. The second-order valence-electron chi connectivity index (χ2n) is 3.23. The predicted octanol–water partition coefficient (Wildman–Crippen LogP) is 0.893. The van der Waals surface area contributed by atoms with Gasteiger partial charge in [0.05, 0.1) is 5.69 Å². The van der Waals surface area contributed by atoms with Crippen LogP contribution in [0.15, 0.2) is 18.2 Å². The first-order valence-corrected chi connectivity index (χ1v) is 4.43. The third-order valence-electron chi connectivity index (χ3n) is 1.95. The van der Waals surface area contributed by atoms with Crippen LogP contribution in [0.4, 0.5) is 5.69 Å². The van der Waals surface area contributed by atoms with Gasteiger partial charge >= 0.3 is 6.01 Å². The monoisotopic (exact) mass is 205 g/mol. The summed E-state index contributed by atoms with van der Waals surface area (Å²) >= 11 is 0. The maximum Gasteiger partial charge on any atom is 0.340 e. The van der Waals surface area contributed by atoms with Crippen LogP contribution in [0.25, 0.3) is 0 Å². The summed E-state index contributed by atoms with van der Waals surface area (Å²) in [6.45, 7) is 1.96. The summed E-state index contributed by atoms with van der Waals surface area (Å²) in [7, 11) is 1.70. The number of nitrogen functional groups attached to an aromatic ring is 1. The van der Waals surface area contributed by atoms with E-state index in [1.54, 1.807) is 13.1 Å². The first kappa shape index (κ1) is 9.45. The lowest BCUT2D eigenvalue weighted by atomic mass is 10.2. The first-order chi connectivity index (χ1) is 7.16. The number of aryl methyl sites for hydroxylation is 2. The van der Waals surface area contributed by atoms with Crippen LogP contribution in [0, 0.1) is 6.92 Å². The number of hydrogen-bond donors (Lipinski definition) is 1. The van der Waals surface area contributed by atoms with E-state index in [9.17, 15) is 0 Å². The molecule has 0 aliphatic rings. The molecule has 1 heterocycles. The number of nitrogens with two attached hydrogens (primary N) is 1. The molecule has 6 nitrogen and oxygen atoms in total. The smallest absolute Gasteiger partial charge is 0.340 e. The molecule has 0 atom stereocenters. The van der Waals surface area contributed by atoms with Crippen molar-refractivity contribution in [2.75, 3.05) is 5.73 Å². The van der Waals surface area contributed by atoms with Gasteiger partial charge in [0.2, 0.25) is 0 Å². The normalized spacial score (nSPS) is 10.3. The van der Waals surface area contributed by atoms with Crippen molar-refractivity contribution in [3.8, 4) is 11.8 Å². The van der Waals surface area contributed by atoms with Crippen molar-refractivity contribution in [3.05, 3.63) is 23.8 Å². The van der Waals surface area contributed by atoms with Gasteiger partial charge in [0.15, 0.2) is 5.75 Å². The lowest BCUT2D eigenvalue weighted by molar-refractivity contribution is 0.416. The molecule has 2 rings (SSSR count). The Balaban J connectivity index is 2.32. The third kappa shape index (κ3) is 1.88. The van der Waals surface area contributed by atoms with E-state index < -0.39 is 0 Å². The average molecular weight is 205 g/mol. The molecule has 1 aromatic heterocycles. The fraction of sp³-hybridized carbons (Fsp3) is 0.222. The van der Waals surface area contributed by atoms with Crippen LogP contribution in [-0.4, -0.2) is 20.2 Å². The van der Waals surface area contributed by atoms with E-state index in [0.717, 1.165) is 5.56 Å². The Morgan fingerprint density at radius 2 is 2.20 bits per heavy atom. The fourth-order valence-electron chi connectivity index (χ4n) is 1.14. The molecule has 0 bridgehead atoms. The van der Waals surface area contributed by atoms with Crippen LogP contribution in [-0.2, 0) is 7.05 Å². The summed E-state index contributed by atoms with van der Waals surface area (Å²) in [5.41, 5.74) is 7.38. The molecule has 0 aliphatic carbocycles. The van der Waals surface area contributed by atoms with Crippen molar-refractivity contribution in [2.24, 2.45) is 7.05 Å². The molecule has 15 heavy (non-hydrogen) atoms. The Morgan fingerprint density at radius 1 is 1.40 bits per heavy atom. The van der Waals surface area contributed by atoms with Gasteiger partial charge in [-0.3, -0.25) is 0 Å². The van der Waals surface area contributed by atoms with Gasteiger partial charge in [0.25, 0.3) is 0 Å². The highest BCUT2D eigenvalue weighted by Gasteiger charge is 2.07. The summed E-state index contributed by atoms with van der Waals surface area (Å²) in [5, 5.41) is 10.8. The van der Waals surface area contributed by atoms with Crippen LogP contribution in [0.3, 0.4) is 0 Å². The minimum absolute atomic E-state index is 0.312. The van der Waals surface area contributed by atoms with E-state index >= 15 is 0 Å². The van der Waals surface area contributed by atoms with Gasteiger partial charge in [0.1, 0.15) is 0 Å². The van der Waals surface area contributed by atoms with E-state index in [1.165, 1.54) is 4.68 Å². The Labute approximate surface area is 86.7 Å². The van der Waals surface area contributed by atoms with Crippen molar-refractivity contribution in [2.45, 2.75) is 6.92 Å². The molecule has 0 aliphatic heterocycles. The maximum absolute atomic E-state index is 5.75. The summed E-state index contributed by atoms with van der Waals surface area (Å²) in [5.74, 6) is 0.563. The third-order valence-corrected chi connectivity index (χ3v) is 1.95. The Hall–Kier alpha value is -2.11. The van der Waals surface area contributed by atoms with Gasteiger partial charge in [0, 0.05) is 7.05 Å². The standard InChI is InChI=1S/C9H11N5O/c1-6-3-4-7(10)8(5-6)15-9-11-12-13-14(9)2/h3-5H,10H2,1-2H3.